The van der Waals surface area contributed by atoms with Crippen LogP contribution >= 0.6 is 0 Å². The van der Waals surface area contributed by atoms with Crippen molar-refractivity contribution in [3.63, 3.8) is 0 Å². The first-order valence-electron chi connectivity index (χ1n) is 6.85. The minimum atomic E-state index is -0.457. The van der Waals surface area contributed by atoms with Gasteiger partial charge in [0.15, 0.2) is 0 Å². The summed E-state index contributed by atoms with van der Waals surface area (Å²) >= 11 is 0. The molecule has 0 spiro atoms. The largest absolute Gasteiger partial charge is 0.389 e. The second-order valence-electron chi connectivity index (χ2n) is 5.47. The Kier molecular flexibility index (Phi) is 3.88. The molecule has 2 fully saturated rings. The van der Waals surface area contributed by atoms with Crippen LogP contribution < -0.4 is 0 Å². The van der Waals surface area contributed by atoms with Gasteiger partial charge in [0.05, 0.1) is 5.60 Å². The summed E-state index contributed by atoms with van der Waals surface area (Å²) in [5.74, 6) is 0. The highest BCUT2D eigenvalue weighted by molar-refractivity contribution is 4.89. The topological polar surface area (TPSA) is 26.7 Å². The van der Waals surface area contributed by atoms with E-state index in [1.54, 1.807) is 0 Å². The Hall–Kier alpha value is -0.120. The van der Waals surface area contributed by atoms with Gasteiger partial charge in [-0.3, -0.25) is 9.80 Å². The van der Waals surface area contributed by atoms with Crippen molar-refractivity contribution in [1.29, 1.82) is 0 Å². The van der Waals surface area contributed by atoms with Gasteiger partial charge >= 0.3 is 0 Å². The van der Waals surface area contributed by atoms with Crippen LogP contribution in [0.3, 0.4) is 0 Å². The van der Waals surface area contributed by atoms with Crippen LogP contribution in [0, 0.1) is 0 Å². The fourth-order valence-corrected chi connectivity index (χ4v) is 2.62. The average Bonchev–Trinajstić information content (AvgIpc) is 3.14. The minimum absolute atomic E-state index is 0.457. The van der Waals surface area contributed by atoms with Gasteiger partial charge in [-0.15, -0.1) is 0 Å². The summed E-state index contributed by atoms with van der Waals surface area (Å²) < 4.78 is 0. The molecular formula is C13H26N2O. The molecule has 3 nitrogen and oxygen atoms in total. The van der Waals surface area contributed by atoms with Crippen LogP contribution in [0.5, 0.6) is 0 Å². The maximum atomic E-state index is 10.3. The molecule has 94 valence electrons. The highest BCUT2D eigenvalue weighted by atomic mass is 16.3. The smallest absolute Gasteiger partial charge is 0.0768 e. The number of β-amino-alcohol motifs (C(OH)–C–C–N with tert-alkyl or cyclic N) is 1. The Balaban J connectivity index is 1.75. The molecule has 0 bridgehead atoms. The van der Waals surface area contributed by atoms with E-state index in [0.717, 1.165) is 38.5 Å². The van der Waals surface area contributed by atoms with E-state index < -0.39 is 5.60 Å². The lowest BCUT2D eigenvalue weighted by Gasteiger charge is -2.39. The quantitative estimate of drug-likeness (QED) is 0.766. The first-order chi connectivity index (χ1) is 7.67. The first-order valence-corrected chi connectivity index (χ1v) is 6.85. The van der Waals surface area contributed by atoms with Gasteiger partial charge in [0.2, 0.25) is 0 Å². The number of nitrogens with zero attached hydrogens (tertiary/aromatic N) is 2. The second kappa shape index (κ2) is 5.03. The van der Waals surface area contributed by atoms with Gasteiger partial charge in [-0.05, 0) is 25.7 Å². The van der Waals surface area contributed by atoms with Gasteiger partial charge in [0.25, 0.3) is 0 Å². The lowest BCUT2D eigenvalue weighted by molar-refractivity contribution is -0.0161. The molecule has 2 aliphatic rings. The summed E-state index contributed by atoms with van der Waals surface area (Å²) in [4.78, 5) is 5.05. The van der Waals surface area contributed by atoms with E-state index in [-0.39, 0.29) is 0 Å². The van der Waals surface area contributed by atoms with Gasteiger partial charge in [-0.1, -0.05) is 13.8 Å². The summed E-state index contributed by atoms with van der Waals surface area (Å²) in [5, 5.41) is 10.3. The third-order valence-corrected chi connectivity index (χ3v) is 4.30. The van der Waals surface area contributed by atoms with Gasteiger partial charge in [-0.2, -0.15) is 0 Å². The van der Waals surface area contributed by atoms with Crippen LogP contribution in [0.4, 0.5) is 0 Å². The predicted molar refractivity (Wildman–Crippen MR) is 66.6 cm³/mol. The van der Waals surface area contributed by atoms with E-state index in [1.807, 2.05) is 0 Å². The first kappa shape index (κ1) is 12.3. The van der Waals surface area contributed by atoms with Crippen LogP contribution in [-0.2, 0) is 0 Å². The Bertz CT molecular complexity index is 216. The summed E-state index contributed by atoms with van der Waals surface area (Å²) in [5.41, 5.74) is -0.457. The zero-order chi connectivity index (χ0) is 11.6. The maximum Gasteiger partial charge on any atom is 0.0768 e. The third kappa shape index (κ3) is 2.96. The highest BCUT2D eigenvalue weighted by Gasteiger charge is 2.33. The third-order valence-electron chi connectivity index (χ3n) is 4.30. The molecule has 0 unspecified atom stereocenters. The average molecular weight is 226 g/mol. The standard InChI is InChI=1S/C13H26N2O/c1-3-13(16,4-2)11-14-7-9-15(10-8-14)12-5-6-12/h12,16H,3-11H2,1-2H3. The van der Waals surface area contributed by atoms with E-state index in [0.29, 0.717) is 0 Å². The van der Waals surface area contributed by atoms with E-state index in [9.17, 15) is 5.11 Å². The Morgan fingerprint density at radius 3 is 2.06 bits per heavy atom. The molecule has 0 aromatic heterocycles. The zero-order valence-corrected chi connectivity index (χ0v) is 10.8. The minimum Gasteiger partial charge on any atom is -0.389 e. The molecule has 0 radical (unpaired) electrons. The maximum absolute atomic E-state index is 10.3. The molecule has 2 rings (SSSR count). The van der Waals surface area contributed by atoms with Crippen molar-refractivity contribution in [3.8, 4) is 0 Å². The molecule has 16 heavy (non-hydrogen) atoms. The molecule has 0 aromatic rings. The molecule has 1 aliphatic carbocycles. The molecule has 1 N–H and O–H groups in total. The number of piperazine rings is 1. The Morgan fingerprint density at radius 2 is 1.62 bits per heavy atom. The lowest BCUT2D eigenvalue weighted by Crippen LogP contribution is -2.52. The summed E-state index contributed by atoms with van der Waals surface area (Å²) in [6.45, 7) is 9.71. The molecule has 0 amide bonds. The van der Waals surface area contributed by atoms with Crippen LogP contribution in [0.15, 0.2) is 0 Å². The van der Waals surface area contributed by atoms with Crippen molar-refractivity contribution in [2.24, 2.45) is 0 Å². The molecule has 3 heteroatoms. The number of rotatable bonds is 5. The van der Waals surface area contributed by atoms with E-state index >= 15 is 0 Å². The second-order valence-corrected chi connectivity index (χ2v) is 5.47. The van der Waals surface area contributed by atoms with Crippen molar-refractivity contribution in [3.05, 3.63) is 0 Å². The summed E-state index contributed by atoms with van der Waals surface area (Å²) in [7, 11) is 0. The Labute approximate surface area is 99.4 Å². The molecule has 1 saturated carbocycles. The van der Waals surface area contributed by atoms with Crippen molar-refractivity contribution >= 4 is 0 Å². The van der Waals surface area contributed by atoms with Crippen LogP contribution in [-0.4, -0.2) is 59.3 Å². The normalized spacial score (nSPS) is 24.9. The molecule has 0 aromatic carbocycles. The monoisotopic (exact) mass is 226 g/mol. The molecule has 1 heterocycles. The highest BCUT2D eigenvalue weighted by Crippen LogP contribution is 2.28. The molecular weight excluding hydrogens is 200 g/mol. The van der Waals surface area contributed by atoms with Crippen molar-refractivity contribution in [1.82, 2.24) is 9.80 Å². The van der Waals surface area contributed by atoms with Crippen LogP contribution in [0.25, 0.3) is 0 Å². The SMILES string of the molecule is CCC(O)(CC)CN1CCN(C2CC2)CC1. The number of aliphatic hydroxyl groups is 1. The van der Waals surface area contributed by atoms with Gasteiger partial charge in [-0.25, -0.2) is 0 Å². The number of hydrogen-bond acceptors (Lipinski definition) is 3. The molecule has 0 atom stereocenters. The fraction of sp³-hybridized carbons (Fsp3) is 1.00. The fourth-order valence-electron chi connectivity index (χ4n) is 2.62. The van der Waals surface area contributed by atoms with Crippen molar-refractivity contribution in [2.45, 2.75) is 51.2 Å². The van der Waals surface area contributed by atoms with Crippen molar-refractivity contribution in [2.75, 3.05) is 32.7 Å². The van der Waals surface area contributed by atoms with Gasteiger partial charge in [0, 0.05) is 38.8 Å². The van der Waals surface area contributed by atoms with Gasteiger partial charge < -0.3 is 5.11 Å². The van der Waals surface area contributed by atoms with Gasteiger partial charge in [0.1, 0.15) is 0 Å². The summed E-state index contributed by atoms with van der Waals surface area (Å²) in [6.07, 6.45) is 4.56. The van der Waals surface area contributed by atoms with Crippen LogP contribution in [0.1, 0.15) is 39.5 Å². The lowest BCUT2D eigenvalue weighted by atomic mass is 9.96. The predicted octanol–water partition coefficient (Wildman–Crippen LogP) is 1.32. The van der Waals surface area contributed by atoms with E-state index in [2.05, 4.69) is 23.6 Å². The van der Waals surface area contributed by atoms with E-state index in [4.69, 9.17) is 0 Å². The Morgan fingerprint density at radius 1 is 1.06 bits per heavy atom. The van der Waals surface area contributed by atoms with Crippen LogP contribution in [0.2, 0.25) is 0 Å². The summed E-state index contributed by atoms with van der Waals surface area (Å²) in [6, 6.07) is 0.901. The van der Waals surface area contributed by atoms with Crippen molar-refractivity contribution < 1.29 is 5.11 Å². The molecule has 1 aliphatic heterocycles. The number of hydrogen-bond donors (Lipinski definition) is 1. The van der Waals surface area contributed by atoms with E-state index in [1.165, 1.54) is 25.9 Å². The zero-order valence-electron chi connectivity index (χ0n) is 10.8. The molecule has 1 saturated heterocycles.